The second-order valence-electron chi connectivity index (χ2n) is 4.10. The van der Waals surface area contributed by atoms with Crippen LogP contribution < -0.4 is 22.9 Å². The van der Waals surface area contributed by atoms with E-state index in [1.54, 1.807) is 12.1 Å². The number of hydrogen-bond acceptors (Lipinski definition) is 4. The average molecular weight is 228 g/mol. The molecule has 0 aliphatic carbocycles. The standard InChI is InChI=1S/C13H16N4/c14-9-3-1-2-8(4-9)5-11-12(16)6-10(15)7-13(11)17/h1-4,6-7H,5,14-17H2. The molecule has 0 spiro atoms. The topological polar surface area (TPSA) is 104 Å². The zero-order chi connectivity index (χ0) is 12.4. The lowest BCUT2D eigenvalue weighted by Crippen LogP contribution is -2.03. The van der Waals surface area contributed by atoms with Crippen molar-refractivity contribution in [3.63, 3.8) is 0 Å². The third kappa shape index (κ3) is 2.42. The fraction of sp³-hybridized carbons (Fsp3) is 0.0769. The van der Waals surface area contributed by atoms with Gasteiger partial charge in [0.2, 0.25) is 0 Å². The first kappa shape index (κ1) is 11.1. The van der Waals surface area contributed by atoms with Crippen molar-refractivity contribution < 1.29 is 0 Å². The molecular weight excluding hydrogens is 212 g/mol. The summed E-state index contributed by atoms with van der Waals surface area (Å²) in [6, 6.07) is 11.1. The summed E-state index contributed by atoms with van der Waals surface area (Å²) in [5, 5.41) is 0. The molecule has 2 rings (SSSR count). The highest BCUT2D eigenvalue weighted by molar-refractivity contribution is 5.69. The van der Waals surface area contributed by atoms with E-state index in [4.69, 9.17) is 22.9 Å². The zero-order valence-corrected chi connectivity index (χ0v) is 9.48. The molecule has 0 saturated heterocycles. The van der Waals surface area contributed by atoms with Crippen LogP contribution in [0.25, 0.3) is 0 Å². The van der Waals surface area contributed by atoms with Crippen LogP contribution in [0.2, 0.25) is 0 Å². The molecule has 88 valence electrons. The minimum Gasteiger partial charge on any atom is -0.399 e. The SMILES string of the molecule is Nc1cccc(Cc2c(N)cc(N)cc2N)c1. The Hall–Kier alpha value is -2.36. The van der Waals surface area contributed by atoms with Crippen LogP contribution in [0.4, 0.5) is 22.7 Å². The quantitative estimate of drug-likeness (QED) is 0.586. The van der Waals surface area contributed by atoms with Gasteiger partial charge in [-0.25, -0.2) is 0 Å². The number of nitrogens with two attached hydrogens (primary N) is 4. The first-order valence-electron chi connectivity index (χ1n) is 5.34. The van der Waals surface area contributed by atoms with E-state index in [9.17, 15) is 0 Å². The molecule has 0 fully saturated rings. The molecule has 17 heavy (non-hydrogen) atoms. The summed E-state index contributed by atoms with van der Waals surface area (Å²) in [5.41, 5.74) is 27.7. The van der Waals surface area contributed by atoms with Crippen molar-refractivity contribution in [2.24, 2.45) is 0 Å². The van der Waals surface area contributed by atoms with E-state index in [0.29, 0.717) is 23.5 Å². The molecular formula is C13H16N4. The molecule has 8 N–H and O–H groups in total. The van der Waals surface area contributed by atoms with E-state index in [1.807, 2.05) is 24.3 Å². The monoisotopic (exact) mass is 228 g/mol. The Kier molecular flexibility index (Phi) is 2.78. The number of nitrogen functional groups attached to an aromatic ring is 4. The van der Waals surface area contributed by atoms with Crippen LogP contribution in [-0.2, 0) is 6.42 Å². The van der Waals surface area contributed by atoms with Gasteiger partial charge in [0, 0.05) is 34.7 Å². The van der Waals surface area contributed by atoms with E-state index in [2.05, 4.69) is 0 Å². The van der Waals surface area contributed by atoms with Crippen LogP contribution in [0, 0.1) is 0 Å². The molecule has 0 atom stereocenters. The summed E-state index contributed by atoms with van der Waals surface area (Å²) in [4.78, 5) is 0. The molecule has 0 amide bonds. The molecule has 0 bridgehead atoms. The summed E-state index contributed by atoms with van der Waals surface area (Å²) in [6.07, 6.45) is 0.656. The normalized spacial score (nSPS) is 10.4. The summed E-state index contributed by atoms with van der Waals surface area (Å²) in [5.74, 6) is 0. The molecule has 2 aromatic rings. The Morgan fingerprint density at radius 2 is 1.41 bits per heavy atom. The maximum absolute atomic E-state index is 5.92. The second-order valence-corrected chi connectivity index (χ2v) is 4.10. The van der Waals surface area contributed by atoms with Gasteiger partial charge in [-0.1, -0.05) is 12.1 Å². The van der Waals surface area contributed by atoms with Crippen LogP contribution in [0.5, 0.6) is 0 Å². The number of rotatable bonds is 2. The highest BCUT2D eigenvalue weighted by Crippen LogP contribution is 2.26. The fourth-order valence-corrected chi connectivity index (χ4v) is 1.85. The van der Waals surface area contributed by atoms with Crippen LogP contribution in [0.3, 0.4) is 0 Å². The van der Waals surface area contributed by atoms with E-state index in [1.165, 1.54) is 0 Å². The summed E-state index contributed by atoms with van der Waals surface area (Å²) in [7, 11) is 0. The van der Waals surface area contributed by atoms with E-state index >= 15 is 0 Å². The van der Waals surface area contributed by atoms with Gasteiger partial charge in [-0.3, -0.25) is 0 Å². The fourth-order valence-electron chi connectivity index (χ4n) is 1.85. The first-order chi connectivity index (χ1) is 8.06. The van der Waals surface area contributed by atoms with Gasteiger partial charge in [-0.05, 0) is 29.8 Å². The number of hydrogen-bond donors (Lipinski definition) is 4. The van der Waals surface area contributed by atoms with Crippen LogP contribution >= 0.6 is 0 Å². The molecule has 0 heterocycles. The van der Waals surface area contributed by atoms with Crippen molar-refractivity contribution in [1.82, 2.24) is 0 Å². The van der Waals surface area contributed by atoms with Crippen molar-refractivity contribution in [3.05, 3.63) is 47.5 Å². The molecule has 0 unspecified atom stereocenters. The molecule has 2 aromatic carbocycles. The van der Waals surface area contributed by atoms with Gasteiger partial charge in [0.15, 0.2) is 0 Å². The molecule has 0 radical (unpaired) electrons. The predicted octanol–water partition coefficient (Wildman–Crippen LogP) is 1.61. The lowest BCUT2D eigenvalue weighted by Gasteiger charge is -2.11. The second kappa shape index (κ2) is 4.25. The average Bonchev–Trinajstić information content (AvgIpc) is 2.23. The van der Waals surface area contributed by atoms with Crippen molar-refractivity contribution in [2.45, 2.75) is 6.42 Å². The smallest absolute Gasteiger partial charge is 0.0391 e. The molecule has 4 heteroatoms. The highest BCUT2D eigenvalue weighted by Gasteiger charge is 2.06. The number of anilines is 4. The third-order valence-electron chi connectivity index (χ3n) is 2.67. The van der Waals surface area contributed by atoms with Gasteiger partial charge in [0.1, 0.15) is 0 Å². The minimum absolute atomic E-state index is 0.580. The lowest BCUT2D eigenvalue weighted by molar-refractivity contribution is 1.20. The van der Waals surface area contributed by atoms with Crippen molar-refractivity contribution in [1.29, 1.82) is 0 Å². The molecule has 4 nitrogen and oxygen atoms in total. The summed E-state index contributed by atoms with van der Waals surface area (Å²) in [6.45, 7) is 0. The van der Waals surface area contributed by atoms with Crippen molar-refractivity contribution >= 4 is 22.7 Å². The highest BCUT2D eigenvalue weighted by atomic mass is 14.7. The van der Waals surface area contributed by atoms with E-state index < -0.39 is 0 Å². The maximum atomic E-state index is 5.92. The Morgan fingerprint density at radius 1 is 0.765 bits per heavy atom. The summed E-state index contributed by atoms with van der Waals surface area (Å²) < 4.78 is 0. The van der Waals surface area contributed by atoms with Gasteiger partial charge in [0.25, 0.3) is 0 Å². The van der Waals surface area contributed by atoms with Gasteiger partial charge in [0.05, 0.1) is 0 Å². The van der Waals surface area contributed by atoms with Crippen LogP contribution in [0.1, 0.15) is 11.1 Å². The largest absolute Gasteiger partial charge is 0.399 e. The number of benzene rings is 2. The van der Waals surface area contributed by atoms with E-state index in [0.717, 1.165) is 16.8 Å². The van der Waals surface area contributed by atoms with Crippen molar-refractivity contribution in [3.8, 4) is 0 Å². The third-order valence-corrected chi connectivity index (χ3v) is 2.67. The van der Waals surface area contributed by atoms with Gasteiger partial charge < -0.3 is 22.9 Å². The van der Waals surface area contributed by atoms with Crippen LogP contribution in [0.15, 0.2) is 36.4 Å². The molecule has 0 aliphatic rings. The van der Waals surface area contributed by atoms with Crippen molar-refractivity contribution in [2.75, 3.05) is 22.9 Å². The molecule has 0 aliphatic heterocycles. The van der Waals surface area contributed by atoms with Gasteiger partial charge in [-0.2, -0.15) is 0 Å². The Labute approximate surface area is 100 Å². The van der Waals surface area contributed by atoms with Gasteiger partial charge >= 0.3 is 0 Å². The lowest BCUT2D eigenvalue weighted by atomic mass is 10.0. The Balaban J connectivity index is 2.36. The van der Waals surface area contributed by atoms with Gasteiger partial charge in [-0.15, -0.1) is 0 Å². The predicted molar refractivity (Wildman–Crippen MR) is 73.3 cm³/mol. The van der Waals surface area contributed by atoms with E-state index in [-0.39, 0.29) is 0 Å². The first-order valence-corrected chi connectivity index (χ1v) is 5.34. The molecule has 0 aromatic heterocycles. The molecule has 0 saturated carbocycles. The maximum Gasteiger partial charge on any atom is 0.0391 e. The Morgan fingerprint density at radius 3 is 2.00 bits per heavy atom. The zero-order valence-electron chi connectivity index (χ0n) is 9.48. The minimum atomic E-state index is 0.580. The Bertz CT molecular complexity index is 526. The summed E-state index contributed by atoms with van der Waals surface area (Å²) >= 11 is 0. The van der Waals surface area contributed by atoms with Crippen LogP contribution in [-0.4, -0.2) is 0 Å².